The van der Waals surface area contributed by atoms with E-state index in [9.17, 15) is 8.42 Å². The summed E-state index contributed by atoms with van der Waals surface area (Å²) < 4.78 is 28.3. The minimum Gasteiger partial charge on any atom is -0.237 e. The number of nitrogens with zero attached hydrogens (tertiary/aromatic N) is 2. The molecule has 0 aliphatic carbocycles. The lowest BCUT2D eigenvalue weighted by molar-refractivity contribution is 0.590. The number of fused-ring (bicyclic) bond motifs is 3. The van der Waals surface area contributed by atoms with Crippen LogP contribution in [0.1, 0.15) is 11.1 Å². The number of rotatable bonds is 4. The summed E-state index contributed by atoms with van der Waals surface area (Å²) in [5.74, 6) is 0. The SMILES string of the molecule is C=C(c1ccccc1)c1ccc2c(c1)c1c(Cl)ccnc1n2S(=O)(=O)c1ccccc1. The maximum absolute atomic E-state index is 13.5. The molecule has 152 valence electrons. The summed E-state index contributed by atoms with van der Waals surface area (Å²) in [6.07, 6.45) is 1.52. The molecule has 3 aromatic carbocycles. The van der Waals surface area contributed by atoms with Gasteiger partial charge in [-0.3, -0.25) is 0 Å². The highest BCUT2D eigenvalue weighted by molar-refractivity contribution is 7.90. The minimum absolute atomic E-state index is 0.188. The van der Waals surface area contributed by atoms with Gasteiger partial charge < -0.3 is 0 Å². The Morgan fingerprint density at radius 3 is 2.26 bits per heavy atom. The van der Waals surface area contributed by atoms with Crippen molar-refractivity contribution in [2.45, 2.75) is 4.90 Å². The van der Waals surface area contributed by atoms with E-state index in [1.807, 2.05) is 42.5 Å². The van der Waals surface area contributed by atoms with Crippen LogP contribution in [0, 0.1) is 0 Å². The lowest BCUT2D eigenvalue weighted by Gasteiger charge is -2.10. The molecule has 0 fully saturated rings. The fourth-order valence-corrected chi connectivity index (χ4v) is 5.53. The molecule has 0 atom stereocenters. The van der Waals surface area contributed by atoms with Crippen molar-refractivity contribution in [3.05, 3.63) is 114 Å². The molecule has 0 bridgehead atoms. The predicted octanol–water partition coefficient (Wildman–Crippen LogP) is 6.14. The maximum Gasteiger partial charge on any atom is 0.269 e. The molecule has 0 saturated heterocycles. The zero-order chi connectivity index (χ0) is 21.6. The lowest BCUT2D eigenvalue weighted by Crippen LogP contribution is -2.13. The van der Waals surface area contributed by atoms with E-state index < -0.39 is 10.0 Å². The molecule has 5 aromatic rings. The molecular formula is C25H17ClN2O2S. The first kappa shape index (κ1) is 19.5. The van der Waals surface area contributed by atoms with E-state index in [0.29, 0.717) is 27.0 Å². The highest BCUT2D eigenvalue weighted by Gasteiger charge is 2.25. The molecule has 2 aromatic heterocycles. The van der Waals surface area contributed by atoms with Gasteiger partial charge in [-0.15, -0.1) is 0 Å². The smallest absolute Gasteiger partial charge is 0.237 e. The first-order valence-corrected chi connectivity index (χ1v) is 11.4. The van der Waals surface area contributed by atoms with E-state index >= 15 is 0 Å². The van der Waals surface area contributed by atoms with Crippen LogP contribution in [-0.4, -0.2) is 17.4 Å². The number of halogens is 1. The fraction of sp³-hybridized carbons (Fsp3) is 0. The summed E-state index contributed by atoms with van der Waals surface area (Å²) in [7, 11) is -3.88. The summed E-state index contributed by atoms with van der Waals surface area (Å²) in [6, 6.07) is 25.4. The van der Waals surface area contributed by atoms with Gasteiger partial charge in [0.2, 0.25) is 0 Å². The van der Waals surface area contributed by atoms with Crippen molar-refractivity contribution in [3.63, 3.8) is 0 Å². The van der Waals surface area contributed by atoms with Gasteiger partial charge in [0.05, 0.1) is 15.4 Å². The molecule has 0 amide bonds. The quantitative estimate of drug-likeness (QED) is 0.334. The second kappa shape index (κ2) is 7.38. The Kier molecular flexibility index (Phi) is 4.65. The predicted molar refractivity (Wildman–Crippen MR) is 126 cm³/mol. The second-order valence-electron chi connectivity index (χ2n) is 7.15. The molecule has 0 unspecified atom stereocenters. The molecule has 0 radical (unpaired) electrons. The van der Waals surface area contributed by atoms with Gasteiger partial charge in [-0.2, -0.15) is 0 Å². The van der Waals surface area contributed by atoms with Crippen LogP contribution in [0.25, 0.3) is 27.5 Å². The van der Waals surface area contributed by atoms with E-state index in [1.165, 1.54) is 10.2 Å². The van der Waals surface area contributed by atoms with Crippen LogP contribution < -0.4 is 0 Å². The van der Waals surface area contributed by atoms with Crippen molar-refractivity contribution in [2.75, 3.05) is 0 Å². The Labute approximate surface area is 185 Å². The third-order valence-electron chi connectivity index (χ3n) is 5.31. The average Bonchev–Trinajstić information content (AvgIpc) is 3.15. The molecule has 6 heteroatoms. The van der Waals surface area contributed by atoms with Crippen molar-refractivity contribution in [3.8, 4) is 0 Å². The lowest BCUT2D eigenvalue weighted by atomic mass is 9.98. The zero-order valence-corrected chi connectivity index (χ0v) is 17.9. The largest absolute Gasteiger partial charge is 0.269 e. The number of hydrogen-bond acceptors (Lipinski definition) is 3. The minimum atomic E-state index is -3.88. The summed E-state index contributed by atoms with van der Waals surface area (Å²) in [6.45, 7) is 4.23. The van der Waals surface area contributed by atoms with E-state index in [4.69, 9.17) is 11.6 Å². The van der Waals surface area contributed by atoms with Crippen LogP contribution in [-0.2, 0) is 10.0 Å². The van der Waals surface area contributed by atoms with Gasteiger partial charge >= 0.3 is 0 Å². The zero-order valence-electron chi connectivity index (χ0n) is 16.4. The van der Waals surface area contributed by atoms with Gasteiger partial charge in [0.15, 0.2) is 5.65 Å². The standard InChI is InChI=1S/C25H17ClN2O2S/c1-17(18-8-4-2-5-9-18)19-12-13-23-21(16-19)24-22(26)14-15-27-25(24)28(23)31(29,30)20-10-6-3-7-11-20/h2-16H,1H2. The molecular weight excluding hydrogens is 428 g/mol. The highest BCUT2D eigenvalue weighted by Crippen LogP contribution is 2.37. The van der Waals surface area contributed by atoms with Crippen LogP contribution in [0.15, 0.2) is 103 Å². The van der Waals surface area contributed by atoms with Crippen LogP contribution in [0.3, 0.4) is 0 Å². The van der Waals surface area contributed by atoms with Crippen molar-refractivity contribution in [1.82, 2.24) is 8.96 Å². The van der Waals surface area contributed by atoms with Gasteiger partial charge in [0.1, 0.15) is 0 Å². The molecule has 5 rings (SSSR count). The summed E-state index contributed by atoms with van der Waals surface area (Å²) in [4.78, 5) is 4.57. The molecule has 31 heavy (non-hydrogen) atoms. The molecule has 0 spiro atoms. The van der Waals surface area contributed by atoms with Gasteiger partial charge in [-0.1, -0.05) is 72.8 Å². The Bertz CT molecular complexity index is 1560. The molecule has 0 aliphatic heterocycles. The first-order chi connectivity index (χ1) is 15.0. The molecule has 0 saturated carbocycles. The molecule has 0 aliphatic rings. The summed E-state index contributed by atoms with van der Waals surface area (Å²) in [5.41, 5.74) is 3.54. The summed E-state index contributed by atoms with van der Waals surface area (Å²) in [5, 5.41) is 1.75. The van der Waals surface area contributed by atoms with E-state index in [2.05, 4.69) is 11.6 Å². The van der Waals surface area contributed by atoms with Crippen LogP contribution >= 0.6 is 11.6 Å². The van der Waals surface area contributed by atoms with Crippen molar-refractivity contribution >= 4 is 49.1 Å². The monoisotopic (exact) mass is 444 g/mol. The van der Waals surface area contributed by atoms with Crippen LogP contribution in [0.5, 0.6) is 0 Å². The van der Waals surface area contributed by atoms with E-state index in [0.717, 1.165) is 16.7 Å². The van der Waals surface area contributed by atoms with E-state index in [-0.39, 0.29) is 4.90 Å². The number of pyridine rings is 1. The number of aromatic nitrogens is 2. The number of benzene rings is 3. The molecule has 0 N–H and O–H groups in total. The van der Waals surface area contributed by atoms with E-state index in [1.54, 1.807) is 42.5 Å². The Morgan fingerprint density at radius 1 is 0.871 bits per heavy atom. The molecule has 4 nitrogen and oxygen atoms in total. The van der Waals surface area contributed by atoms with Crippen molar-refractivity contribution in [2.24, 2.45) is 0 Å². The van der Waals surface area contributed by atoms with Gasteiger partial charge in [-0.25, -0.2) is 17.4 Å². The maximum atomic E-state index is 13.5. The fourth-order valence-electron chi connectivity index (χ4n) is 3.79. The number of hydrogen-bond donors (Lipinski definition) is 0. The first-order valence-electron chi connectivity index (χ1n) is 9.62. The van der Waals surface area contributed by atoms with Crippen molar-refractivity contribution < 1.29 is 8.42 Å². The third-order valence-corrected chi connectivity index (χ3v) is 7.34. The van der Waals surface area contributed by atoms with Gasteiger partial charge in [0.25, 0.3) is 10.0 Å². The second-order valence-corrected chi connectivity index (χ2v) is 9.34. The Hall–Kier alpha value is -3.41. The summed E-state index contributed by atoms with van der Waals surface area (Å²) >= 11 is 6.52. The Balaban J connectivity index is 1.82. The highest BCUT2D eigenvalue weighted by atomic mass is 35.5. The normalized spacial score (nSPS) is 11.8. The average molecular weight is 445 g/mol. The third kappa shape index (κ3) is 3.14. The van der Waals surface area contributed by atoms with Gasteiger partial charge in [-0.05, 0) is 47.0 Å². The van der Waals surface area contributed by atoms with Crippen LogP contribution in [0.2, 0.25) is 5.02 Å². The van der Waals surface area contributed by atoms with Crippen molar-refractivity contribution in [1.29, 1.82) is 0 Å². The molecule has 2 heterocycles. The topological polar surface area (TPSA) is 52.0 Å². The Morgan fingerprint density at radius 2 is 1.55 bits per heavy atom. The van der Waals surface area contributed by atoms with Gasteiger partial charge in [0, 0.05) is 17.0 Å². The van der Waals surface area contributed by atoms with Crippen LogP contribution in [0.4, 0.5) is 0 Å².